The van der Waals surface area contributed by atoms with Gasteiger partial charge in [0, 0.05) is 54.1 Å². The summed E-state index contributed by atoms with van der Waals surface area (Å²) in [5.41, 5.74) is 2.83. The molecule has 1 aliphatic heterocycles. The van der Waals surface area contributed by atoms with Crippen molar-refractivity contribution in [3.63, 3.8) is 0 Å². The summed E-state index contributed by atoms with van der Waals surface area (Å²) in [6, 6.07) is 11.3. The van der Waals surface area contributed by atoms with Crippen molar-refractivity contribution in [3.8, 4) is 17.0 Å². The van der Waals surface area contributed by atoms with Gasteiger partial charge in [-0.05, 0) is 37.1 Å². The molecule has 0 unspecified atom stereocenters. The average Bonchev–Trinajstić information content (AvgIpc) is 3.25. The number of nitrogens with one attached hydrogen (secondary N) is 1. The second kappa shape index (κ2) is 8.39. The Hall–Kier alpha value is -2.93. The van der Waals surface area contributed by atoms with E-state index in [2.05, 4.69) is 15.7 Å². The van der Waals surface area contributed by atoms with Gasteiger partial charge in [0.2, 0.25) is 0 Å². The third-order valence-electron chi connectivity index (χ3n) is 4.95. The van der Waals surface area contributed by atoms with Gasteiger partial charge in [-0.25, -0.2) is 9.78 Å². The first-order valence-electron chi connectivity index (χ1n) is 9.29. The summed E-state index contributed by atoms with van der Waals surface area (Å²) in [7, 11) is 1.62. The number of carbonyl (C=O) groups is 1. The zero-order chi connectivity index (χ0) is 19.3. The number of ether oxygens (including phenoxy) is 1. The van der Waals surface area contributed by atoms with Crippen molar-refractivity contribution in [1.82, 2.24) is 14.9 Å². The number of rotatable bonds is 4. The highest BCUT2D eigenvalue weighted by atomic mass is 32.1. The molecule has 0 saturated carbocycles. The van der Waals surface area contributed by atoms with Crippen molar-refractivity contribution < 1.29 is 9.53 Å². The zero-order valence-corrected chi connectivity index (χ0v) is 16.5. The molecule has 1 N–H and O–H groups in total. The molecule has 1 aromatic carbocycles. The predicted molar refractivity (Wildman–Crippen MR) is 111 cm³/mol. The first kappa shape index (κ1) is 18.4. The summed E-state index contributed by atoms with van der Waals surface area (Å²) >= 11 is 1.70. The normalized spacial score (nSPS) is 14.7. The topological polar surface area (TPSA) is 67.3 Å². The maximum atomic E-state index is 12.6. The van der Waals surface area contributed by atoms with E-state index in [1.165, 1.54) is 0 Å². The fourth-order valence-corrected chi connectivity index (χ4v) is 4.36. The Morgan fingerprint density at radius 2 is 2.00 bits per heavy atom. The second-order valence-corrected chi connectivity index (χ2v) is 7.62. The van der Waals surface area contributed by atoms with Gasteiger partial charge in [-0.1, -0.05) is 6.07 Å². The minimum absolute atomic E-state index is 0.0664. The van der Waals surface area contributed by atoms with Gasteiger partial charge in [0.25, 0.3) is 0 Å². The van der Waals surface area contributed by atoms with E-state index in [4.69, 9.17) is 9.72 Å². The maximum Gasteiger partial charge on any atom is 0.321 e. The molecule has 1 aliphatic rings. The molecule has 7 heteroatoms. The van der Waals surface area contributed by atoms with E-state index >= 15 is 0 Å². The first-order valence-corrected chi connectivity index (χ1v) is 10.2. The molecule has 0 atom stereocenters. The van der Waals surface area contributed by atoms with Gasteiger partial charge in [0.15, 0.2) is 0 Å². The van der Waals surface area contributed by atoms with Crippen molar-refractivity contribution in [2.24, 2.45) is 0 Å². The molecule has 0 spiro atoms. The van der Waals surface area contributed by atoms with Gasteiger partial charge >= 0.3 is 6.03 Å². The van der Waals surface area contributed by atoms with E-state index < -0.39 is 0 Å². The predicted octanol–water partition coefficient (Wildman–Crippen LogP) is 4.63. The molecule has 0 aliphatic carbocycles. The lowest BCUT2D eigenvalue weighted by atomic mass is 9.98. The number of nitrogens with zero attached hydrogens (tertiary/aromatic N) is 3. The molecule has 3 aromatic rings. The number of amides is 2. The Labute approximate surface area is 168 Å². The summed E-state index contributed by atoms with van der Waals surface area (Å²) in [5, 5.41) is 6.21. The number of thiazole rings is 1. The molecule has 1 saturated heterocycles. The SMILES string of the molecule is COc1cccc(NC(=O)N2CCC(c3nc(-c4ccncc4)cs3)CC2)c1. The highest BCUT2D eigenvalue weighted by Gasteiger charge is 2.26. The third kappa shape index (κ3) is 4.14. The summed E-state index contributed by atoms with van der Waals surface area (Å²) in [4.78, 5) is 23.3. The second-order valence-electron chi connectivity index (χ2n) is 6.73. The Kier molecular flexibility index (Phi) is 5.53. The number of methoxy groups -OCH3 is 1. The van der Waals surface area contributed by atoms with Gasteiger partial charge in [0.05, 0.1) is 17.8 Å². The number of piperidine rings is 1. The van der Waals surface area contributed by atoms with Crippen molar-refractivity contribution in [2.75, 3.05) is 25.5 Å². The summed E-state index contributed by atoms with van der Waals surface area (Å²) in [6.07, 6.45) is 5.42. The van der Waals surface area contributed by atoms with Crippen LogP contribution in [0.1, 0.15) is 23.8 Å². The van der Waals surface area contributed by atoms with E-state index in [0.29, 0.717) is 5.92 Å². The van der Waals surface area contributed by atoms with Crippen LogP contribution in [0.2, 0.25) is 0 Å². The van der Waals surface area contributed by atoms with Crippen LogP contribution >= 0.6 is 11.3 Å². The van der Waals surface area contributed by atoms with Crippen molar-refractivity contribution in [2.45, 2.75) is 18.8 Å². The number of carbonyl (C=O) groups excluding carboxylic acids is 1. The van der Waals surface area contributed by atoms with Gasteiger partial charge in [-0.2, -0.15) is 0 Å². The fourth-order valence-electron chi connectivity index (χ4n) is 3.36. The number of hydrogen-bond donors (Lipinski definition) is 1. The van der Waals surface area contributed by atoms with E-state index in [9.17, 15) is 4.79 Å². The molecule has 4 rings (SSSR count). The van der Waals surface area contributed by atoms with Gasteiger partial charge in [0.1, 0.15) is 5.75 Å². The van der Waals surface area contributed by atoms with Crippen LogP contribution < -0.4 is 10.1 Å². The number of pyridine rings is 1. The van der Waals surface area contributed by atoms with Gasteiger partial charge in [-0.3, -0.25) is 4.98 Å². The Morgan fingerprint density at radius 1 is 1.21 bits per heavy atom. The Balaban J connectivity index is 1.34. The molecule has 0 radical (unpaired) electrons. The van der Waals surface area contributed by atoms with Crippen LogP contribution in [0.25, 0.3) is 11.3 Å². The lowest BCUT2D eigenvalue weighted by Crippen LogP contribution is -2.40. The average molecular weight is 395 g/mol. The van der Waals surface area contributed by atoms with Crippen molar-refractivity contribution in [3.05, 3.63) is 59.2 Å². The van der Waals surface area contributed by atoms with Gasteiger partial charge < -0.3 is 15.0 Å². The number of benzene rings is 1. The fraction of sp³-hybridized carbons (Fsp3) is 0.286. The van der Waals surface area contributed by atoms with Crippen LogP contribution in [0.15, 0.2) is 54.2 Å². The van der Waals surface area contributed by atoms with E-state index in [1.54, 1.807) is 30.8 Å². The molecule has 2 amide bonds. The van der Waals surface area contributed by atoms with E-state index in [1.807, 2.05) is 41.3 Å². The molecule has 144 valence electrons. The Bertz CT molecular complexity index is 936. The monoisotopic (exact) mass is 394 g/mol. The van der Waals surface area contributed by atoms with Crippen LogP contribution in [0.3, 0.4) is 0 Å². The number of anilines is 1. The first-order chi connectivity index (χ1) is 13.7. The van der Waals surface area contributed by atoms with Crippen molar-refractivity contribution >= 4 is 23.1 Å². The van der Waals surface area contributed by atoms with Gasteiger partial charge in [-0.15, -0.1) is 11.3 Å². The minimum atomic E-state index is -0.0664. The van der Waals surface area contributed by atoms with Crippen LogP contribution in [0.5, 0.6) is 5.75 Å². The molecular formula is C21H22N4O2S. The highest BCUT2D eigenvalue weighted by Crippen LogP contribution is 2.33. The number of likely N-dealkylation sites (tertiary alicyclic amines) is 1. The lowest BCUT2D eigenvalue weighted by molar-refractivity contribution is 0.194. The highest BCUT2D eigenvalue weighted by molar-refractivity contribution is 7.10. The number of hydrogen-bond acceptors (Lipinski definition) is 5. The van der Waals surface area contributed by atoms with E-state index in [0.717, 1.165) is 53.6 Å². The summed E-state index contributed by atoms with van der Waals surface area (Å²) < 4.78 is 5.20. The van der Waals surface area contributed by atoms with Crippen LogP contribution in [-0.4, -0.2) is 41.1 Å². The standard InChI is InChI=1S/C21H22N4O2S/c1-27-18-4-2-3-17(13-18)23-21(26)25-11-7-16(8-12-25)20-24-19(14-28-20)15-5-9-22-10-6-15/h2-6,9-10,13-14,16H,7-8,11-12H2,1H3,(H,23,26). The molecule has 28 heavy (non-hydrogen) atoms. The molecule has 6 nitrogen and oxygen atoms in total. The largest absolute Gasteiger partial charge is 0.497 e. The molecule has 1 fully saturated rings. The van der Waals surface area contributed by atoms with Crippen LogP contribution in [-0.2, 0) is 0 Å². The lowest BCUT2D eigenvalue weighted by Gasteiger charge is -2.31. The molecule has 2 aromatic heterocycles. The third-order valence-corrected chi connectivity index (χ3v) is 5.96. The quantitative estimate of drug-likeness (QED) is 0.701. The molecular weight excluding hydrogens is 372 g/mol. The maximum absolute atomic E-state index is 12.6. The minimum Gasteiger partial charge on any atom is -0.497 e. The Morgan fingerprint density at radius 3 is 2.75 bits per heavy atom. The smallest absolute Gasteiger partial charge is 0.321 e. The van der Waals surface area contributed by atoms with Crippen LogP contribution in [0, 0.1) is 0 Å². The summed E-state index contributed by atoms with van der Waals surface area (Å²) in [6.45, 7) is 1.45. The number of urea groups is 1. The molecule has 3 heterocycles. The zero-order valence-electron chi connectivity index (χ0n) is 15.7. The van der Waals surface area contributed by atoms with E-state index in [-0.39, 0.29) is 6.03 Å². The van der Waals surface area contributed by atoms with Crippen LogP contribution in [0.4, 0.5) is 10.5 Å². The molecule has 0 bridgehead atoms. The number of aromatic nitrogens is 2. The summed E-state index contributed by atoms with van der Waals surface area (Å²) in [5.74, 6) is 1.13. The van der Waals surface area contributed by atoms with Crippen molar-refractivity contribution in [1.29, 1.82) is 0 Å².